The molecule has 5 nitrogen and oxygen atoms in total. The van der Waals surface area contributed by atoms with E-state index in [4.69, 9.17) is 5.73 Å². The predicted octanol–water partition coefficient (Wildman–Crippen LogP) is 2.33. The Bertz CT molecular complexity index is 861. The quantitative estimate of drug-likeness (QED) is 0.756. The summed E-state index contributed by atoms with van der Waals surface area (Å²) in [5, 5.41) is 7.03. The number of H-pyrrole nitrogens is 1. The van der Waals surface area contributed by atoms with E-state index in [0.29, 0.717) is 5.82 Å². The van der Waals surface area contributed by atoms with Crippen LogP contribution in [0.2, 0.25) is 0 Å². The molecule has 106 valence electrons. The van der Waals surface area contributed by atoms with Crippen LogP contribution < -0.4 is 11.3 Å². The highest BCUT2D eigenvalue weighted by Gasteiger charge is 2.15. The van der Waals surface area contributed by atoms with E-state index < -0.39 is 0 Å². The fourth-order valence-corrected chi connectivity index (χ4v) is 2.36. The van der Waals surface area contributed by atoms with Crippen molar-refractivity contribution in [3.8, 4) is 22.4 Å². The summed E-state index contributed by atoms with van der Waals surface area (Å²) in [4.78, 5) is 11.8. The van der Waals surface area contributed by atoms with Crippen molar-refractivity contribution in [2.45, 2.75) is 6.92 Å². The number of nitrogen functional groups attached to an aromatic ring is 1. The smallest absolute Gasteiger partial charge is 0.250 e. The summed E-state index contributed by atoms with van der Waals surface area (Å²) in [7, 11) is 1.72. The van der Waals surface area contributed by atoms with Crippen LogP contribution in [-0.4, -0.2) is 14.8 Å². The highest BCUT2D eigenvalue weighted by molar-refractivity contribution is 5.87. The number of hydrogen-bond donors (Lipinski definition) is 2. The average Bonchev–Trinajstić information content (AvgIpc) is 2.84. The second kappa shape index (κ2) is 4.94. The molecular weight excluding hydrogens is 264 g/mol. The standard InChI is InChI=1S/C16H16N4O/c1-10-4-3-5-11(8-10)14-15(18-19-16(14)17)12-6-7-20(2)13(21)9-12/h3-9H,1-2H3,(H3,17,18,19). The monoisotopic (exact) mass is 280 g/mol. The van der Waals surface area contributed by atoms with Crippen molar-refractivity contribution in [3.63, 3.8) is 0 Å². The van der Waals surface area contributed by atoms with Crippen LogP contribution in [-0.2, 0) is 7.05 Å². The number of aryl methyl sites for hydroxylation is 2. The second-order valence-electron chi connectivity index (χ2n) is 5.09. The molecule has 3 rings (SSSR count). The van der Waals surface area contributed by atoms with Crippen LogP contribution in [0.25, 0.3) is 22.4 Å². The topological polar surface area (TPSA) is 76.7 Å². The Labute approximate surface area is 122 Å². The fourth-order valence-electron chi connectivity index (χ4n) is 2.36. The number of hydrogen-bond acceptors (Lipinski definition) is 3. The molecule has 2 heterocycles. The predicted molar refractivity (Wildman–Crippen MR) is 83.9 cm³/mol. The molecule has 0 atom stereocenters. The molecule has 0 spiro atoms. The lowest BCUT2D eigenvalue weighted by atomic mass is 10.00. The summed E-state index contributed by atoms with van der Waals surface area (Å²) < 4.78 is 1.52. The number of pyridine rings is 1. The normalized spacial score (nSPS) is 10.8. The molecule has 0 radical (unpaired) electrons. The molecule has 3 N–H and O–H groups in total. The fraction of sp³-hybridized carbons (Fsp3) is 0.125. The molecule has 0 saturated carbocycles. The van der Waals surface area contributed by atoms with Gasteiger partial charge < -0.3 is 10.3 Å². The van der Waals surface area contributed by atoms with Crippen LogP contribution in [0.4, 0.5) is 5.82 Å². The Morgan fingerprint density at radius 3 is 2.71 bits per heavy atom. The van der Waals surface area contributed by atoms with E-state index in [1.54, 1.807) is 19.3 Å². The number of nitrogens with one attached hydrogen (secondary N) is 1. The molecule has 0 amide bonds. The largest absolute Gasteiger partial charge is 0.382 e. The Balaban J connectivity index is 2.21. The minimum atomic E-state index is -0.0733. The number of nitrogens with two attached hydrogens (primary N) is 1. The highest BCUT2D eigenvalue weighted by atomic mass is 16.1. The molecule has 3 aromatic rings. The van der Waals surface area contributed by atoms with Gasteiger partial charge in [-0.15, -0.1) is 0 Å². The highest BCUT2D eigenvalue weighted by Crippen LogP contribution is 2.34. The first kappa shape index (κ1) is 13.2. The first-order valence-corrected chi connectivity index (χ1v) is 6.64. The lowest BCUT2D eigenvalue weighted by Gasteiger charge is -2.06. The number of aromatic nitrogens is 3. The van der Waals surface area contributed by atoms with Gasteiger partial charge in [-0.25, -0.2) is 0 Å². The molecule has 2 aromatic heterocycles. The summed E-state index contributed by atoms with van der Waals surface area (Å²) >= 11 is 0. The number of nitrogens with zero attached hydrogens (tertiary/aromatic N) is 2. The van der Waals surface area contributed by atoms with Crippen molar-refractivity contribution >= 4 is 5.82 Å². The van der Waals surface area contributed by atoms with Crippen molar-refractivity contribution in [1.29, 1.82) is 0 Å². The summed E-state index contributed by atoms with van der Waals surface area (Å²) in [5.41, 5.74) is 10.4. The summed E-state index contributed by atoms with van der Waals surface area (Å²) in [6, 6.07) is 11.5. The van der Waals surface area contributed by atoms with Gasteiger partial charge >= 0.3 is 0 Å². The van der Waals surface area contributed by atoms with Crippen molar-refractivity contribution in [3.05, 3.63) is 58.5 Å². The van der Waals surface area contributed by atoms with E-state index in [0.717, 1.165) is 27.9 Å². The Kier molecular flexibility index (Phi) is 3.10. The van der Waals surface area contributed by atoms with Gasteiger partial charge in [-0.1, -0.05) is 29.8 Å². The summed E-state index contributed by atoms with van der Waals surface area (Å²) in [6.45, 7) is 2.03. The molecule has 5 heteroatoms. The van der Waals surface area contributed by atoms with E-state index >= 15 is 0 Å². The van der Waals surface area contributed by atoms with Crippen molar-refractivity contribution in [2.75, 3.05) is 5.73 Å². The van der Waals surface area contributed by atoms with Gasteiger partial charge in [0.05, 0.1) is 11.3 Å². The number of anilines is 1. The van der Waals surface area contributed by atoms with Gasteiger partial charge in [0.15, 0.2) is 5.82 Å². The van der Waals surface area contributed by atoms with Gasteiger partial charge in [0.2, 0.25) is 0 Å². The molecule has 0 aliphatic rings. The summed E-state index contributed by atoms with van der Waals surface area (Å²) in [6.07, 6.45) is 1.73. The average molecular weight is 280 g/mol. The van der Waals surface area contributed by atoms with Gasteiger partial charge in [-0.2, -0.15) is 5.10 Å². The van der Waals surface area contributed by atoms with Crippen LogP contribution in [0.15, 0.2) is 47.4 Å². The summed E-state index contributed by atoms with van der Waals surface area (Å²) in [5.74, 6) is 0.427. The van der Waals surface area contributed by atoms with Crippen LogP contribution in [0.1, 0.15) is 5.56 Å². The first-order chi connectivity index (χ1) is 10.1. The van der Waals surface area contributed by atoms with Crippen molar-refractivity contribution in [1.82, 2.24) is 14.8 Å². The lowest BCUT2D eigenvalue weighted by Crippen LogP contribution is -2.14. The van der Waals surface area contributed by atoms with E-state index in [-0.39, 0.29) is 5.56 Å². The van der Waals surface area contributed by atoms with E-state index in [1.807, 2.05) is 37.3 Å². The van der Waals surface area contributed by atoms with Crippen LogP contribution in [0.5, 0.6) is 0 Å². The van der Waals surface area contributed by atoms with E-state index in [2.05, 4.69) is 10.2 Å². The zero-order valence-corrected chi connectivity index (χ0v) is 11.9. The Hall–Kier alpha value is -2.82. The maximum atomic E-state index is 11.8. The molecule has 0 saturated heterocycles. The molecule has 0 unspecified atom stereocenters. The first-order valence-electron chi connectivity index (χ1n) is 6.64. The lowest BCUT2D eigenvalue weighted by molar-refractivity contribution is 0.861. The molecule has 21 heavy (non-hydrogen) atoms. The number of aromatic amines is 1. The maximum Gasteiger partial charge on any atom is 0.250 e. The number of rotatable bonds is 2. The van der Waals surface area contributed by atoms with Crippen molar-refractivity contribution in [2.24, 2.45) is 7.05 Å². The zero-order valence-electron chi connectivity index (χ0n) is 11.9. The zero-order chi connectivity index (χ0) is 15.0. The third-order valence-corrected chi connectivity index (χ3v) is 3.49. The third kappa shape index (κ3) is 2.33. The van der Waals surface area contributed by atoms with Crippen molar-refractivity contribution < 1.29 is 0 Å². The SMILES string of the molecule is Cc1cccc(-c2c(N)n[nH]c2-c2ccn(C)c(=O)c2)c1. The molecular formula is C16H16N4O. The molecule has 0 aliphatic heterocycles. The van der Waals surface area contributed by atoms with Gasteiger partial charge in [0, 0.05) is 24.9 Å². The number of benzene rings is 1. The Morgan fingerprint density at radius 1 is 1.19 bits per heavy atom. The Morgan fingerprint density at radius 2 is 2.00 bits per heavy atom. The third-order valence-electron chi connectivity index (χ3n) is 3.49. The molecule has 0 fully saturated rings. The van der Waals surface area contributed by atoms with E-state index in [9.17, 15) is 4.79 Å². The maximum absolute atomic E-state index is 11.8. The van der Waals surface area contributed by atoms with Crippen LogP contribution in [0.3, 0.4) is 0 Å². The molecule has 0 bridgehead atoms. The van der Waals surface area contributed by atoms with Crippen LogP contribution in [0, 0.1) is 6.92 Å². The van der Waals surface area contributed by atoms with Gasteiger partial charge in [-0.3, -0.25) is 9.89 Å². The van der Waals surface area contributed by atoms with Gasteiger partial charge in [0.25, 0.3) is 5.56 Å². The minimum absolute atomic E-state index is 0.0733. The molecule has 0 aliphatic carbocycles. The minimum Gasteiger partial charge on any atom is -0.382 e. The van der Waals surface area contributed by atoms with E-state index in [1.165, 1.54) is 4.57 Å². The second-order valence-corrected chi connectivity index (χ2v) is 5.09. The van der Waals surface area contributed by atoms with Gasteiger partial charge in [-0.05, 0) is 18.6 Å². The molecule has 1 aromatic carbocycles. The van der Waals surface area contributed by atoms with Gasteiger partial charge in [0.1, 0.15) is 0 Å². The van der Waals surface area contributed by atoms with Crippen LogP contribution >= 0.6 is 0 Å².